The smallest absolute Gasteiger partial charge is 0.300 e. The Morgan fingerprint density at radius 2 is 1.49 bits per heavy atom. The number of nitrogens with zero attached hydrogens (tertiary/aromatic N) is 1. The summed E-state index contributed by atoms with van der Waals surface area (Å²) in [6, 6.07) is 22.4. The summed E-state index contributed by atoms with van der Waals surface area (Å²) in [5.41, 5.74) is 1.72. The quantitative estimate of drug-likeness (QED) is 0.239. The van der Waals surface area contributed by atoms with Crippen LogP contribution in [0.2, 0.25) is 0 Å². The van der Waals surface area contributed by atoms with Gasteiger partial charge in [0.1, 0.15) is 17.3 Å². The van der Waals surface area contributed by atoms with Crippen LogP contribution in [0.1, 0.15) is 43.9 Å². The number of hydrogen-bond acceptors (Lipinski definition) is 5. The van der Waals surface area contributed by atoms with Crippen LogP contribution in [0.25, 0.3) is 5.76 Å². The molecule has 1 heterocycles. The molecule has 0 aliphatic carbocycles. The highest BCUT2D eigenvalue weighted by Crippen LogP contribution is 2.42. The number of aliphatic hydroxyl groups excluding tert-OH is 1. The monoisotopic (exact) mass is 471 g/mol. The molecule has 1 aliphatic heterocycles. The summed E-state index contributed by atoms with van der Waals surface area (Å²) in [5.74, 6) is -0.370. The highest BCUT2D eigenvalue weighted by molar-refractivity contribution is 6.51. The van der Waals surface area contributed by atoms with Crippen LogP contribution in [0.4, 0.5) is 5.69 Å². The van der Waals surface area contributed by atoms with Crippen molar-refractivity contribution in [2.75, 3.05) is 18.1 Å². The van der Waals surface area contributed by atoms with Crippen LogP contribution in [-0.4, -0.2) is 30.0 Å². The van der Waals surface area contributed by atoms with Crippen molar-refractivity contribution in [2.24, 2.45) is 0 Å². The molecule has 1 aliphatic rings. The zero-order valence-electron chi connectivity index (χ0n) is 19.9. The van der Waals surface area contributed by atoms with E-state index < -0.39 is 17.7 Å². The molecule has 0 spiro atoms. The third-order valence-corrected chi connectivity index (χ3v) is 5.73. The minimum absolute atomic E-state index is 0.0359. The van der Waals surface area contributed by atoms with Crippen LogP contribution >= 0.6 is 0 Å². The molecule has 1 amide bonds. The van der Waals surface area contributed by atoms with Crippen LogP contribution in [0.15, 0.2) is 84.4 Å². The maximum atomic E-state index is 13.3. The molecule has 1 unspecified atom stereocenters. The van der Waals surface area contributed by atoms with E-state index in [1.165, 1.54) is 4.90 Å². The molecular weight excluding hydrogens is 442 g/mol. The number of rotatable bonds is 9. The summed E-state index contributed by atoms with van der Waals surface area (Å²) in [6.45, 7) is 5.17. The molecule has 0 saturated carbocycles. The first-order valence-corrected chi connectivity index (χ1v) is 11.9. The second kappa shape index (κ2) is 10.9. The molecular formula is C29H29NO5. The summed E-state index contributed by atoms with van der Waals surface area (Å²) >= 11 is 0. The van der Waals surface area contributed by atoms with Crippen molar-refractivity contribution >= 4 is 23.1 Å². The third kappa shape index (κ3) is 5.06. The average molecular weight is 472 g/mol. The Bertz CT molecular complexity index is 1220. The Balaban J connectivity index is 1.83. The molecule has 3 aromatic carbocycles. The van der Waals surface area contributed by atoms with Gasteiger partial charge in [0.2, 0.25) is 0 Å². The summed E-state index contributed by atoms with van der Waals surface area (Å²) in [6.07, 6.45) is 1.73. The van der Waals surface area contributed by atoms with E-state index >= 15 is 0 Å². The number of anilines is 1. The van der Waals surface area contributed by atoms with E-state index in [1.54, 1.807) is 36.4 Å². The first kappa shape index (κ1) is 24.1. The van der Waals surface area contributed by atoms with Gasteiger partial charge in [-0.25, -0.2) is 0 Å². The topological polar surface area (TPSA) is 76.1 Å². The van der Waals surface area contributed by atoms with E-state index in [4.69, 9.17) is 9.47 Å². The molecule has 35 heavy (non-hydrogen) atoms. The van der Waals surface area contributed by atoms with Crippen molar-refractivity contribution in [3.8, 4) is 11.5 Å². The van der Waals surface area contributed by atoms with Gasteiger partial charge in [-0.2, -0.15) is 0 Å². The molecule has 3 aromatic rings. The Labute approximate surface area is 205 Å². The lowest BCUT2D eigenvalue weighted by molar-refractivity contribution is -0.132. The Kier molecular flexibility index (Phi) is 7.51. The number of amides is 1. The standard InChI is InChI=1S/C29H29NO5/c1-3-17-34-23-15-13-20(14-16-23)26-25(27(31)21-9-8-12-24(19-21)35-18-4-2)28(32)29(33)30(26)22-10-6-5-7-11-22/h5-16,19,26,31H,3-4,17-18H2,1-2H3/b27-25-. The highest BCUT2D eigenvalue weighted by atomic mass is 16.5. The van der Waals surface area contributed by atoms with Crippen LogP contribution in [-0.2, 0) is 9.59 Å². The molecule has 4 rings (SSSR count). The third-order valence-electron chi connectivity index (χ3n) is 5.73. The average Bonchev–Trinajstić information content (AvgIpc) is 3.17. The van der Waals surface area contributed by atoms with Gasteiger partial charge in [-0.1, -0.05) is 56.3 Å². The van der Waals surface area contributed by atoms with Gasteiger partial charge in [-0.3, -0.25) is 14.5 Å². The fraction of sp³-hybridized carbons (Fsp3) is 0.241. The predicted molar refractivity (Wildman–Crippen MR) is 136 cm³/mol. The normalized spacial score (nSPS) is 17.0. The van der Waals surface area contributed by atoms with Crippen molar-refractivity contribution in [1.29, 1.82) is 0 Å². The van der Waals surface area contributed by atoms with Crippen LogP contribution in [0.5, 0.6) is 11.5 Å². The maximum Gasteiger partial charge on any atom is 0.300 e. The number of carbonyl (C=O) groups excluding carboxylic acids is 2. The summed E-state index contributed by atoms with van der Waals surface area (Å²) in [7, 11) is 0. The molecule has 0 bridgehead atoms. The maximum absolute atomic E-state index is 13.3. The van der Waals surface area contributed by atoms with Crippen LogP contribution in [0.3, 0.4) is 0 Å². The lowest BCUT2D eigenvalue weighted by atomic mass is 9.95. The minimum atomic E-state index is -0.794. The number of aliphatic hydroxyl groups is 1. The van der Waals surface area contributed by atoms with E-state index in [1.807, 2.05) is 56.3 Å². The number of benzene rings is 3. The Morgan fingerprint density at radius 3 is 2.14 bits per heavy atom. The van der Waals surface area contributed by atoms with Crippen molar-refractivity contribution in [3.05, 3.63) is 95.6 Å². The fourth-order valence-corrected chi connectivity index (χ4v) is 4.08. The fourth-order valence-electron chi connectivity index (χ4n) is 4.08. The largest absolute Gasteiger partial charge is 0.507 e. The molecule has 6 heteroatoms. The van der Waals surface area contributed by atoms with Gasteiger partial charge in [-0.15, -0.1) is 0 Å². The van der Waals surface area contributed by atoms with Crippen molar-refractivity contribution in [1.82, 2.24) is 0 Å². The number of ether oxygens (including phenoxy) is 2. The van der Waals surface area contributed by atoms with E-state index in [-0.39, 0.29) is 11.3 Å². The second-order valence-electron chi connectivity index (χ2n) is 8.30. The van der Waals surface area contributed by atoms with Crippen molar-refractivity contribution < 1.29 is 24.2 Å². The molecule has 6 nitrogen and oxygen atoms in total. The number of ketones is 1. The minimum Gasteiger partial charge on any atom is -0.507 e. The zero-order chi connectivity index (χ0) is 24.8. The van der Waals surface area contributed by atoms with Gasteiger partial charge in [-0.05, 0) is 54.8 Å². The lowest BCUT2D eigenvalue weighted by Gasteiger charge is -2.25. The number of para-hydroxylation sites is 1. The van der Waals surface area contributed by atoms with E-state index in [2.05, 4.69) is 0 Å². The Hall–Kier alpha value is -4.06. The van der Waals surface area contributed by atoms with Gasteiger partial charge in [0.15, 0.2) is 0 Å². The first-order valence-electron chi connectivity index (χ1n) is 11.9. The lowest BCUT2D eigenvalue weighted by Crippen LogP contribution is -2.29. The molecule has 0 aromatic heterocycles. The van der Waals surface area contributed by atoms with E-state index in [9.17, 15) is 14.7 Å². The second-order valence-corrected chi connectivity index (χ2v) is 8.30. The predicted octanol–water partition coefficient (Wildman–Crippen LogP) is 5.89. The van der Waals surface area contributed by atoms with Gasteiger partial charge in [0, 0.05) is 11.3 Å². The summed E-state index contributed by atoms with van der Waals surface area (Å²) in [5, 5.41) is 11.3. The SMILES string of the molecule is CCCOc1ccc(C2/C(=C(/O)c3cccc(OCCC)c3)C(=O)C(=O)N2c2ccccc2)cc1. The first-order chi connectivity index (χ1) is 17.0. The van der Waals surface area contributed by atoms with Crippen molar-refractivity contribution in [2.45, 2.75) is 32.7 Å². The highest BCUT2D eigenvalue weighted by Gasteiger charge is 2.46. The van der Waals surface area contributed by atoms with Gasteiger partial charge < -0.3 is 14.6 Å². The zero-order valence-corrected chi connectivity index (χ0v) is 19.9. The number of Topliss-reactive ketones (excluding diaryl/α,β-unsaturated/α-hetero) is 1. The van der Waals surface area contributed by atoms with E-state index in [0.717, 1.165) is 12.8 Å². The van der Waals surface area contributed by atoms with Gasteiger partial charge >= 0.3 is 0 Å². The van der Waals surface area contributed by atoms with Crippen LogP contribution < -0.4 is 14.4 Å². The van der Waals surface area contributed by atoms with E-state index in [0.29, 0.717) is 41.5 Å². The summed E-state index contributed by atoms with van der Waals surface area (Å²) in [4.78, 5) is 28.0. The molecule has 1 atom stereocenters. The summed E-state index contributed by atoms with van der Waals surface area (Å²) < 4.78 is 11.4. The molecule has 1 saturated heterocycles. The van der Waals surface area contributed by atoms with Crippen molar-refractivity contribution in [3.63, 3.8) is 0 Å². The van der Waals surface area contributed by atoms with Gasteiger partial charge in [0.05, 0.1) is 24.8 Å². The van der Waals surface area contributed by atoms with Gasteiger partial charge in [0.25, 0.3) is 11.7 Å². The number of hydrogen-bond donors (Lipinski definition) is 1. The molecule has 0 radical (unpaired) electrons. The Morgan fingerprint density at radius 1 is 0.829 bits per heavy atom. The molecule has 1 fully saturated rings. The number of carbonyl (C=O) groups is 2. The molecule has 1 N–H and O–H groups in total. The van der Waals surface area contributed by atoms with Crippen LogP contribution in [0, 0.1) is 0 Å². The molecule has 180 valence electrons.